The van der Waals surface area contributed by atoms with E-state index in [2.05, 4.69) is 33.8 Å². The quantitative estimate of drug-likeness (QED) is 0.513. The summed E-state index contributed by atoms with van der Waals surface area (Å²) >= 11 is 0. The number of rotatable bonds is 0. The Bertz CT molecular complexity index is 323. The molecule has 0 heteroatoms. The molecule has 2 fully saturated rings. The van der Waals surface area contributed by atoms with Crippen LogP contribution in [0.4, 0.5) is 0 Å². The average molecular weight is 204 g/mol. The molecule has 0 N–H and O–H groups in total. The maximum Gasteiger partial charge on any atom is -0.0164 e. The van der Waals surface area contributed by atoms with Gasteiger partial charge in [0, 0.05) is 0 Å². The smallest absolute Gasteiger partial charge is 0.0164 e. The molecule has 1 unspecified atom stereocenters. The Morgan fingerprint density at radius 3 is 2.60 bits per heavy atom. The van der Waals surface area contributed by atoms with Gasteiger partial charge in [0.05, 0.1) is 0 Å². The standard InChI is InChI=1S/C15H24/c1-10-5-6-13-12(10)9-14(2,3)7-11-8-15(11,13)4/h5,11-13H,6-9H2,1-4H3/t11-,12?,13+,15+/m1/s1. The molecule has 3 aliphatic rings. The van der Waals surface area contributed by atoms with E-state index in [0.717, 1.165) is 17.8 Å². The van der Waals surface area contributed by atoms with E-state index in [1.807, 2.05) is 0 Å². The van der Waals surface area contributed by atoms with E-state index in [0.29, 0.717) is 10.8 Å². The summed E-state index contributed by atoms with van der Waals surface area (Å²) in [7, 11) is 0. The van der Waals surface area contributed by atoms with Gasteiger partial charge in [0.15, 0.2) is 0 Å². The zero-order valence-corrected chi connectivity index (χ0v) is 10.6. The Labute approximate surface area is 94.1 Å². The van der Waals surface area contributed by atoms with Gasteiger partial charge in [-0.2, -0.15) is 0 Å². The van der Waals surface area contributed by atoms with Gasteiger partial charge >= 0.3 is 0 Å². The number of fused-ring (bicyclic) bond motifs is 3. The van der Waals surface area contributed by atoms with Crippen LogP contribution in [-0.2, 0) is 0 Å². The molecule has 0 aromatic rings. The fourth-order valence-corrected chi connectivity index (χ4v) is 4.56. The van der Waals surface area contributed by atoms with Gasteiger partial charge in [-0.3, -0.25) is 0 Å². The van der Waals surface area contributed by atoms with E-state index in [1.54, 1.807) is 5.57 Å². The van der Waals surface area contributed by atoms with Crippen molar-refractivity contribution in [3.63, 3.8) is 0 Å². The van der Waals surface area contributed by atoms with Crippen molar-refractivity contribution in [1.82, 2.24) is 0 Å². The fraction of sp³-hybridized carbons (Fsp3) is 0.867. The molecule has 2 saturated carbocycles. The third-order valence-electron chi connectivity index (χ3n) is 5.64. The summed E-state index contributed by atoms with van der Waals surface area (Å²) < 4.78 is 0. The van der Waals surface area contributed by atoms with Gasteiger partial charge < -0.3 is 0 Å². The lowest BCUT2D eigenvalue weighted by Crippen LogP contribution is -2.22. The van der Waals surface area contributed by atoms with Crippen molar-refractivity contribution in [3.8, 4) is 0 Å². The molecule has 0 aromatic carbocycles. The van der Waals surface area contributed by atoms with Gasteiger partial charge in [-0.05, 0) is 61.2 Å². The Kier molecular flexibility index (Phi) is 1.79. The van der Waals surface area contributed by atoms with Crippen LogP contribution in [0.3, 0.4) is 0 Å². The van der Waals surface area contributed by atoms with Crippen molar-refractivity contribution in [2.45, 2.75) is 53.4 Å². The van der Waals surface area contributed by atoms with Gasteiger partial charge in [0.2, 0.25) is 0 Å². The van der Waals surface area contributed by atoms with Gasteiger partial charge in [-0.1, -0.05) is 32.4 Å². The van der Waals surface area contributed by atoms with Crippen molar-refractivity contribution < 1.29 is 0 Å². The topological polar surface area (TPSA) is 0 Å². The first-order chi connectivity index (χ1) is 6.92. The van der Waals surface area contributed by atoms with Crippen LogP contribution in [0.1, 0.15) is 53.4 Å². The minimum atomic E-state index is 0.585. The molecular formula is C15H24. The second kappa shape index (κ2) is 2.70. The predicted octanol–water partition coefficient (Wildman–Crippen LogP) is 4.42. The van der Waals surface area contributed by atoms with Crippen LogP contribution in [0.15, 0.2) is 11.6 Å². The summed E-state index contributed by atoms with van der Waals surface area (Å²) in [6, 6.07) is 0. The molecule has 0 nitrogen and oxygen atoms in total. The molecule has 0 saturated heterocycles. The highest BCUT2D eigenvalue weighted by atomic mass is 14.6. The Hall–Kier alpha value is -0.260. The highest BCUT2D eigenvalue weighted by molar-refractivity contribution is 5.22. The summed E-state index contributed by atoms with van der Waals surface area (Å²) in [5.41, 5.74) is 3.00. The molecule has 3 rings (SSSR count). The van der Waals surface area contributed by atoms with Crippen LogP contribution in [0.25, 0.3) is 0 Å². The van der Waals surface area contributed by atoms with Crippen LogP contribution in [0, 0.1) is 28.6 Å². The van der Waals surface area contributed by atoms with Crippen LogP contribution in [0.2, 0.25) is 0 Å². The van der Waals surface area contributed by atoms with Crippen LogP contribution < -0.4 is 0 Å². The molecule has 4 atom stereocenters. The highest BCUT2D eigenvalue weighted by Crippen LogP contribution is 2.69. The summed E-state index contributed by atoms with van der Waals surface area (Å²) in [5, 5.41) is 0. The monoisotopic (exact) mass is 204 g/mol. The third-order valence-corrected chi connectivity index (χ3v) is 5.64. The molecule has 3 aliphatic carbocycles. The first-order valence-electron chi connectivity index (χ1n) is 6.59. The Morgan fingerprint density at radius 1 is 1.13 bits per heavy atom. The van der Waals surface area contributed by atoms with Crippen molar-refractivity contribution in [2.75, 3.05) is 0 Å². The molecular weight excluding hydrogens is 180 g/mol. The lowest BCUT2D eigenvalue weighted by molar-refractivity contribution is 0.225. The molecule has 0 amide bonds. The van der Waals surface area contributed by atoms with E-state index in [1.165, 1.54) is 25.7 Å². The van der Waals surface area contributed by atoms with E-state index in [-0.39, 0.29) is 0 Å². The molecule has 0 spiro atoms. The zero-order valence-electron chi connectivity index (χ0n) is 10.6. The minimum absolute atomic E-state index is 0.585. The number of hydrogen-bond donors (Lipinski definition) is 0. The van der Waals surface area contributed by atoms with Gasteiger partial charge in [-0.25, -0.2) is 0 Å². The van der Waals surface area contributed by atoms with Crippen LogP contribution in [0.5, 0.6) is 0 Å². The summed E-state index contributed by atoms with van der Waals surface area (Å²) in [6.07, 6.45) is 8.32. The molecule has 0 heterocycles. The summed E-state index contributed by atoms with van der Waals surface area (Å²) in [6.45, 7) is 9.90. The SMILES string of the molecule is CC1=CC[C@H]2C1CC(C)(C)C[C@@H]1C[C@@]12C. The van der Waals surface area contributed by atoms with Crippen LogP contribution in [-0.4, -0.2) is 0 Å². The molecule has 84 valence electrons. The fourth-order valence-electron chi connectivity index (χ4n) is 4.56. The number of allylic oxidation sites excluding steroid dienone is 2. The largest absolute Gasteiger partial charge is 0.0850 e. The highest BCUT2D eigenvalue weighted by Gasteiger charge is 2.60. The molecule has 15 heavy (non-hydrogen) atoms. The first-order valence-corrected chi connectivity index (χ1v) is 6.59. The van der Waals surface area contributed by atoms with Crippen LogP contribution >= 0.6 is 0 Å². The molecule has 0 radical (unpaired) electrons. The maximum atomic E-state index is 2.56. The first kappa shape index (κ1) is 9.93. The molecule has 0 aromatic heterocycles. The summed E-state index contributed by atoms with van der Waals surface area (Å²) in [4.78, 5) is 0. The molecule has 0 bridgehead atoms. The second-order valence-corrected chi connectivity index (χ2v) is 7.38. The van der Waals surface area contributed by atoms with E-state index in [9.17, 15) is 0 Å². The van der Waals surface area contributed by atoms with Crippen molar-refractivity contribution in [3.05, 3.63) is 11.6 Å². The third kappa shape index (κ3) is 1.33. The van der Waals surface area contributed by atoms with E-state index in [4.69, 9.17) is 0 Å². The minimum Gasteiger partial charge on any atom is -0.0850 e. The number of hydrogen-bond acceptors (Lipinski definition) is 0. The van der Waals surface area contributed by atoms with Gasteiger partial charge in [0.1, 0.15) is 0 Å². The lowest BCUT2D eigenvalue weighted by atomic mass is 9.74. The average Bonchev–Trinajstić information content (AvgIpc) is 2.59. The second-order valence-electron chi connectivity index (χ2n) is 7.38. The lowest BCUT2D eigenvalue weighted by Gasteiger charge is -2.30. The summed E-state index contributed by atoms with van der Waals surface area (Å²) in [5.74, 6) is 2.95. The zero-order chi connectivity index (χ0) is 10.8. The van der Waals surface area contributed by atoms with Gasteiger partial charge in [0.25, 0.3) is 0 Å². The van der Waals surface area contributed by atoms with E-state index >= 15 is 0 Å². The van der Waals surface area contributed by atoms with E-state index < -0.39 is 0 Å². The van der Waals surface area contributed by atoms with Crippen molar-refractivity contribution >= 4 is 0 Å². The predicted molar refractivity (Wildman–Crippen MR) is 64.6 cm³/mol. The maximum absolute atomic E-state index is 2.56. The van der Waals surface area contributed by atoms with Crippen molar-refractivity contribution in [2.24, 2.45) is 28.6 Å². The van der Waals surface area contributed by atoms with Crippen molar-refractivity contribution in [1.29, 1.82) is 0 Å². The molecule has 0 aliphatic heterocycles. The normalized spacial score (nSPS) is 51.5. The van der Waals surface area contributed by atoms with Gasteiger partial charge in [-0.15, -0.1) is 0 Å². The Balaban J connectivity index is 1.95. The Morgan fingerprint density at radius 2 is 1.87 bits per heavy atom.